The summed E-state index contributed by atoms with van der Waals surface area (Å²) in [6, 6.07) is 1.80. The van der Waals surface area contributed by atoms with E-state index < -0.39 is 0 Å². The van der Waals surface area contributed by atoms with Gasteiger partial charge in [0.25, 0.3) is 0 Å². The average molecular weight is 273 g/mol. The molecule has 0 amide bonds. The van der Waals surface area contributed by atoms with Crippen molar-refractivity contribution < 1.29 is 9.53 Å². The molecule has 0 saturated heterocycles. The Bertz CT molecular complexity index is 555. The van der Waals surface area contributed by atoms with E-state index in [2.05, 4.69) is 0 Å². The minimum Gasteiger partial charge on any atom is -0.486 e. The summed E-state index contributed by atoms with van der Waals surface area (Å²) in [5.41, 5.74) is 9.16. The Morgan fingerprint density at radius 1 is 1.10 bits per heavy atom. The van der Waals surface area contributed by atoms with Gasteiger partial charge in [0, 0.05) is 5.69 Å². The third-order valence-electron chi connectivity index (χ3n) is 5.00. The van der Waals surface area contributed by atoms with Crippen molar-refractivity contribution in [3.63, 3.8) is 0 Å². The third-order valence-corrected chi connectivity index (χ3v) is 5.00. The summed E-state index contributed by atoms with van der Waals surface area (Å²) in [6.07, 6.45) is 7.35. The van der Waals surface area contributed by atoms with Crippen molar-refractivity contribution in [1.29, 1.82) is 0 Å². The molecule has 0 unspecified atom stereocenters. The molecule has 3 nitrogen and oxygen atoms in total. The van der Waals surface area contributed by atoms with Gasteiger partial charge in [-0.25, -0.2) is 0 Å². The van der Waals surface area contributed by atoms with Crippen LogP contribution in [0.5, 0.6) is 5.75 Å². The second-order valence-electron chi connectivity index (χ2n) is 6.39. The molecule has 2 N–H and O–H groups in total. The van der Waals surface area contributed by atoms with Gasteiger partial charge in [0.1, 0.15) is 11.4 Å². The normalized spacial score (nSPS) is 21.2. The first-order chi connectivity index (χ1) is 9.52. The Labute approximate surface area is 120 Å². The molecule has 1 aromatic carbocycles. The van der Waals surface area contributed by atoms with Gasteiger partial charge in [0.05, 0.1) is 12.0 Å². The molecule has 2 aliphatic rings. The average Bonchev–Trinajstić information content (AvgIpc) is 2.64. The molecular formula is C17H23NO2. The Balaban J connectivity index is 2.05. The maximum absolute atomic E-state index is 12.6. The van der Waals surface area contributed by atoms with Crippen LogP contribution in [0.1, 0.15) is 66.4 Å². The zero-order valence-electron chi connectivity index (χ0n) is 12.4. The fourth-order valence-corrected chi connectivity index (χ4v) is 3.55. The zero-order valence-corrected chi connectivity index (χ0v) is 12.4. The Morgan fingerprint density at radius 2 is 1.75 bits per heavy atom. The molecule has 1 spiro atoms. The lowest BCUT2D eigenvalue weighted by atomic mass is 9.83. The predicted octanol–water partition coefficient (Wildman–Crippen LogP) is 3.94. The fraction of sp³-hybridized carbons (Fsp3) is 0.588. The van der Waals surface area contributed by atoms with Gasteiger partial charge in [-0.05, 0) is 56.7 Å². The lowest BCUT2D eigenvalue weighted by Gasteiger charge is -2.38. The molecule has 3 heteroatoms. The van der Waals surface area contributed by atoms with Crippen molar-refractivity contribution in [2.45, 2.75) is 64.4 Å². The van der Waals surface area contributed by atoms with Crippen molar-refractivity contribution in [3.8, 4) is 5.75 Å². The van der Waals surface area contributed by atoms with Crippen LogP contribution < -0.4 is 10.5 Å². The lowest BCUT2D eigenvalue weighted by molar-refractivity contribution is 0.0291. The van der Waals surface area contributed by atoms with Crippen LogP contribution in [0.15, 0.2) is 6.07 Å². The number of ketones is 1. The predicted molar refractivity (Wildman–Crippen MR) is 80.3 cm³/mol. The molecule has 1 heterocycles. The second kappa shape index (κ2) is 4.80. The van der Waals surface area contributed by atoms with Gasteiger partial charge in [-0.2, -0.15) is 0 Å². The lowest BCUT2D eigenvalue weighted by Crippen LogP contribution is -2.42. The molecule has 0 atom stereocenters. The zero-order chi connectivity index (χ0) is 14.3. The van der Waals surface area contributed by atoms with Crippen molar-refractivity contribution in [2.75, 3.05) is 5.73 Å². The van der Waals surface area contributed by atoms with Crippen molar-refractivity contribution in [1.82, 2.24) is 0 Å². The van der Waals surface area contributed by atoms with Crippen LogP contribution in [0.4, 0.5) is 5.69 Å². The second-order valence-corrected chi connectivity index (χ2v) is 6.39. The summed E-state index contributed by atoms with van der Waals surface area (Å²) in [5, 5.41) is 0. The monoisotopic (exact) mass is 273 g/mol. The van der Waals surface area contributed by atoms with Gasteiger partial charge < -0.3 is 10.5 Å². The maximum Gasteiger partial charge on any atom is 0.170 e. The van der Waals surface area contributed by atoms with E-state index in [1.807, 2.05) is 13.8 Å². The van der Waals surface area contributed by atoms with E-state index in [9.17, 15) is 4.79 Å². The molecule has 1 aliphatic heterocycles. The highest BCUT2D eigenvalue weighted by molar-refractivity contribution is 6.02. The number of rotatable bonds is 0. The fourth-order valence-electron chi connectivity index (χ4n) is 3.55. The van der Waals surface area contributed by atoms with Crippen LogP contribution >= 0.6 is 0 Å². The number of carbonyl (C=O) groups is 1. The highest BCUT2D eigenvalue weighted by Gasteiger charge is 2.41. The molecule has 1 aliphatic carbocycles. The van der Waals surface area contributed by atoms with Gasteiger partial charge in [-0.1, -0.05) is 12.8 Å². The first kappa shape index (κ1) is 13.5. The van der Waals surface area contributed by atoms with Crippen LogP contribution in [0.25, 0.3) is 0 Å². The number of ether oxygens (including phenoxy) is 1. The van der Waals surface area contributed by atoms with E-state index in [4.69, 9.17) is 10.5 Å². The van der Waals surface area contributed by atoms with Crippen molar-refractivity contribution in [2.24, 2.45) is 0 Å². The van der Waals surface area contributed by atoms with E-state index >= 15 is 0 Å². The molecule has 0 aromatic heterocycles. The summed E-state index contributed by atoms with van der Waals surface area (Å²) in [7, 11) is 0. The summed E-state index contributed by atoms with van der Waals surface area (Å²) in [6.45, 7) is 4.00. The Morgan fingerprint density at radius 3 is 2.40 bits per heavy atom. The molecule has 1 fully saturated rings. The molecule has 1 aromatic rings. The maximum atomic E-state index is 12.6. The number of carbonyl (C=O) groups excluding carboxylic acids is 1. The van der Waals surface area contributed by atoms with E-state index in [0.29, 0.717) is 17.7 Å². The van der Waals surface area contributed by atoms with Crippen LogP contribution in [0.3, 0.4) is 0 Å². The highest BCUT2D eigenvalue weighted by atomic mass is 16.5. The molecule has 108 valence electrons. The summed E-state index contributed by atoms with van der Waals surface area (Å²) in [5.74, 6) is 0.984. The van der Waals surface area contributed by atoms with Crippen LogP contribution in [-0.4, -0.2) is 11.4 Å². The van der Waals surface area contributed by atoms with Crippen LogP contribution in [0, 0.1) is 13.8 Å². The largest absolute Gasteiger partial charge is 0.486 e. The number of benzene rings is 1. The van der Waals surface area contributed by atoms with Crippen LogP contribution in [0.2, 0.25) is 0 Å². The van der Waals surface area contributed by atoms with E-state index in [1.165, 1.54) is 12.8 Å². The molecule has 0 bridgehead atoms. The minimum atomic E-state index is -0.256. The molecule has 1 saturated carbocycles. The summed E-state index contributed by atoms with van der Waals surface area (Å²) < 4.78 is 6.40. The number of fused-ring (bicyclic) bond motifs is 1. The van der Waals surface area contributed by atoms with Crippen molar-refractivity contribution in [3.05, 3.63) is 22.8 Å². The number of nitrogens with two attached hydrogens (primary N) is 1. The number of anilines is 1. The molecular weight excluding hydrogens is 250 g/mol. The smallest absolute Gasteiger partial charge is 0.170 e. The van der Waals surface area contributed by atoms with Gasteiger partial charge in [0.2, 0.25) is 0 Å². The van der Waals surface area contributed by atoms with Gasteiger partial charge >= 0.3 is 0 Å². The minimum absolute atomic E-state index is 0.197. The molecule has 3 rings (SSSR count). The van der Waals surface area contributed by atoms with Crippen molar-refractivity contribution >= 4 is 11.5 Å². The van der Waals surface area contributed by atoms with E-state index in [0.717, 1.165) is 42.6 Å². The van der Waals surface area contributed by atoms with Gasteiger partial charge in [-0.15, -0.1) is 0 Å². The molecule has 20 heavy (non-hydrogen) atoms. The number of hydrogen-bond acceptors (Lipinski definition) is 3. The first-order valence-electron chi connectivity index (χ1n) is 7.64. The Hall–Kier alpha value is -1.51. The van der Waals surface area contributed by atoms with Gasteiger partial charge in [-0.3, -0.25) is 4.79 Å². The van der Waals surface area contributed by atoms with Crippen LogP contribution in [-0.2, 0) is 0 Å². The summed E-state index contributed by atoms with van der Waals surface area (Å²) in [4.78, 5) is 12.6. The number of nitrogen functional groups attached to an aromatic ring is 1. The highest BCUT2D eigenvalue weighted by Crippen LogP contribution is 2.44. The summed E-state index contributed by atoms with van der Waals surface area (Å²) >= 11 is 0. The Kier molecular flexibility index (Phi) is 3.23. The van der Waals surface area contributed by atoms with E-state index in [1.54, 1.807) is 6.07 Å². The SMILES string of the molecule is Cc1c(N)cc2c(c1C)OC1(CCCCCC1)CC2=O. The quantitative estimate of drug-likeness (QED) is 0.728. The molecule has 0 radical (unpaired) electrons. The third kappa shape index (κ3) is 2.09. The number of hydrogen-bond donors (Lipinski definition) is 1. The first-order valence-corrected chi connectivity index (χ1v) is 7.64. The standard InChI is InChI=1S/C17H23NO2/c1-11-12(2)16-13(9-14(11)18)15(19)10-17(20-16)7-5-3-4-6-8-17/h9H,3-8,10,18H2,1-2H3. The topological polar surface area (TPSA) is 52.3 Å². The van der Waals surface area contributed by atoms with E-state index in [-0.39, 0.29) is 11.4 Å². The number of Topliss-reactive ketones (excluding diaryl/α,β-unsaturated/α-hetero) is 1. The van der Waals surface area contributed by atoms with Gasteiger partial charge in [0.15, 0.2) is 5.78 Å².